The third kappa shape index (κ3) is 4.41. The molecule has 2 aromatic heterocycles. The number of hydrogen-bond donors (Lipinski definition) is 0. The molecule has 3 heterocycles. The van der Waals surface area contributed by atoms with Crippen LogP contribution in [0.3, 0.4) is 0 Å². The van der Waals surface area contributed by atoms with E-state index in [0.29, 0.717) is 31.9 Å². The van der Waals surface area contributed by atoms with Gasteiger partial charge in [-0.2, -0.15) is 0 Å². The van der Waals surface area contributed by atoms with Gasteiger partial charge in [-0.3, -0.25) is 9.59 Å². The highest BCUT2D eigenvalue weighted by Gasteiger charge is 2.26. The Morgan fingerprint density at radius 1 is 1.00 bits per heavy atom. The zero-order chi connectivity index (χ0) is 18.4. The van der Waals surface area contributed by atoms with Crippen LogP contribution in [-0.2, 0) is 14.3 Å². The molecule has 0 N–H and O–H groups in total. The average Bonchev–Trinajstić information content (AvgIpc) is 3.37. The Morgan fingerprint density at radius 2 is 1.69 bits per heavy atom. The van der Waals surface area contributed by atoms with Crippen molar-refractivity contribution in [1.29, 1.82) is 0 Å². The van der Waals surface area contributed by atoms with Gasteiger partial charge < -0.3 is 23.4 Å². The fraction of sp³-hybridized carbons (Fsp3) is 0.278. The summed E-state index contributed by atoms with van der Waals surface area (Å²) in [5, 5.41) is 0. The number of carbonyl (C=O) groups is 3. The lowest BCUT2D eigenvalue weighted by atomic mass is 10.3. The van der Waals surface area contributed by atoms with Crippen LogP contribution in [0.1, 0.15) is 16.3 Å². The standard InChI is InChI=1S/C18H18N2O6/c21-16(13-26-17(22)6-5-14-3-1-11-24-14)19-7-9-20(10-8-19)18(23)15-4-2-12-25-15/h1-6,11-12H,7-10,13H2/b6-5+. The Balaban J connectivity index is 1.41. The number of nitrogens with zero attached hydrogens (tertiary/aromatic N) is 2. The molecule has 0 spiro atoms. The van der Waals surface area contributed by atoms with Gasteiger partial charge in [0.1, 0.15) is 5.76 Å². The summed E-state index contributed by atoms with van der Waals surface area (Å²) in [5.41, 5.74) is 0. The van der Waals surface area contributed by atoms with Gasteiger partial charge in [-0.25, -0.2) is 4.79 Å². The van der Waals surface area contributed by atoms with E-state index >= 15 is 0 Å². The minimum absolute atomic E-state index is 0.198. The molecule has 1 saturated heterocycles. The maximum atomic E-state index is 12.2. The largest absolute Gasteiger partial charge is 0.465 e. The summed E-state index contributed by atoms with van der Waals surface area (Å²) < 4.78 is 15.1. The fourth-order valence-corrected chi connectivity index (χ4v) is 2.52. The minimum Gasteiger partial charge on any atom is -0.465 e. The zero-order valence-electron chi connectivity index (χ0n) is 14.0. The molecule has 3 rings (SSSR count). The van der Waals surface area contributed by atoms with Crippen LogP contribution < -0.4 is 0 Å². The Kier molecular flexibility index (Phi) is 5.52. The number of amides is 2. The van der Waals surface area contributed by atoms with Gasteiger partial charge in [0.05, 0.1) is 12.5 Å². The van der Waals surface area contributed by atoms with Gasteiger partial charge >= 0.3 is 5.97 Å². The van der Waals surface area contributed by atoms with Crippen molar-refractivity contribution in [3.05, 3.63) is 54.4 Å². The Bertz CT molecular complexity index is 771. The molecule has 1 fully saturated rings. The van der Waals surface area contributed by atoms with E-state index in [1.54, 1.807) is 34.1 Å². The Morgan fingerprint density at radius 3 is 2.35 bits per heavy atom. The van der Waals surface area contributed by atoms with Gasteiger partial charge in [0, 0.05) is 32.3 Å². The molecular weight excluding hydrogens is 340 g/mol. The lowest BCUT2D eigenvalue weighted by Crippen LogP contribution is -2.51. The van der Waals surface area contributed by atoms with Crippen molar-refractivity contribution in [3.8, 4) is 0 Å². The van der Waals surface area contributed by atoms with Gasteiger partial charge in [0.2, 0.25) is 0 Å². The third-order valence-corrected chi connectivity index (χ3v) is 3.92. The van der Waals surface area contributed by atoms with E-state index in [4.69, 9.17) is 13.6 Å². The van der Waals surface area contributed by atoms with E-state index < -0.39 is 5.97 Å². The number of furan rings is 2. The van der Waals surface area contributed by atoms with Crippen molar-refractivity contribution >= 4 is 23.9 Å². The van der Waals surface area contributed by atoms with Crippen molar-refractivity contribution in [1.82, 2.24) is 9.80 Å². The molecular formula is C18H18N2O6. The lowest BCUT2D eigenvalue weighted by Gasteiger charge is -2.34. The number of rotatable bonds is 5. The number of hydrogen-bond acceptors (Lipinski definition) is 6. The van der Waals surface area contributed by atoms with Gasteiger partial charge in [0.25, 0.3) is 11.8 Å². The Labute approximate surface area is 149 Å². The van der Waals surface area contributed by atoms with Crippen LogP contribution in [0.5, 0.6) is 0 Å². The summed E-state index contributed by atoms with van der Waals surface area (Å²) in [6.07, 6.45) is 5.60. The molecule has 8 heteroatoms. The second kappa shape index (κ2) is 8.19. The maximum Gasteiger partial charge on any atom is 0.331 e. The summed E-state index contributed by atoms with van der Waals surface area (Å²) in [7, 11) is 0. The summed E-state index contributed by atoms with van der Waals surface area (Å²) in [6, 6.07) is 6.65. The van der Waals surface area contributed by atoms with Crippen LogP contribution in [0.4, 0.5) is 0 Å². The van der Waals surface area contributed by atoms with Crippen LogP contribution in [-0.4, -0.2) is 60.4 Å². The van der Waals surface area contributed by atoms with E-state index in [0.717, 1.165) is 0 Å². The van der Waals surface area contributed by atoms with E-state index in [2.05, 4.69) is 0 Å². The number of esters is 1. The second-order valence-corrected chi connectivity index (χ2v) is 5.61. The normalized spacial score (nSPS) is 14.6. The van der Waals surface area contributed by atoms with Gasteiger partial charge in [-0.1, -0.05) is 0 Å². The minimum atomic E-state index is -0.624. The van der Waals surface area contributed by atoms with E-state index in [-0.39, 0.29) is 24.2 Å². The highest BCUT2D eigenvalue weighted by molar-refractivity contribution is 5.92. The molecule has 1 aliphatic rings. The fourth-order valence-electron chi connectivity index (χ4n) is 2.52. The van der Waals surface area contributed by atoms with Crippen molar-refractivity contribution in [2.45, 2.75) is 0 Å². The van der Waals surface area contributed by atoms with Gasteiger partial charge in [-0.15, -0.1) is 0 Å². The van der Waals surface area contributed by atoms with Crippen LogP contribution in [0, 0.1) is 0 Å². The van der Waals surface area contributed by atoms with Gasteiger partial charge in [0.15, 0.2) is 12.4 Å². The summed E-state index contributed by atoms with van der Waals surface area (Å²) in [6.45, 7) is 1.22. The molecule has 0 unspecified atom stereocenters. The van der Waals surface area contributed by atoms with Crippen LogP contribution in [0.15, 0.2) is 51.7 Å². The summed E-state index contributed by atoms with van der Waals surface area (Å²) in [5.74, 6) is -0.319. The molecule has 136 valence electrons. The molecule has 0 saturated carbocycles. The molecule has 2 aromatic rings. The molecule has 2 amide bonds. The lowest BCUT2D eigenvalue weighted by molar-refractivity contribution is -0.148. The molecule has 1 aliphatic heterocycles. The predicted molar refractivity (Wildman–Crippen MR) is 89.9 cm³/mol. The number of ether oxygens (including phenoxy) is 1. The van der Waals surface area contributed by atoms with Crippen molar-refractivity contribution in [2.24, 2.45) is 0 Å². The molecule has 8 nitrogen and oxygen atoms in total. The first-order chi connectivity index (χ1) is 12.6. The Hall–Kier alpha value is -3.29. The van der Waals surface area contributed by atoms with Crippen LogP contribution in [0.25, 0.3) is 6.08 Å². The van der Waals surface area contributed by atoms with Crippen molar-refractivity contribution < 1.29 is 28.0 Å². The predicted octanol–water partition coefficient (Wildman–Crippen LogP) is 1.41. The molecule has 0 aliphatic carbocycles. The first-order valence-corrected chi connectivity index (χ1v) is 8.12. The summed E-state index contributed by atoms with van der Waals surface area (Å²) in [4.78, 5) is 39.1. The van der Waals surface area contributed by atoms with E-state index in [1.807, 2.05) is 0 Å². The average molecular weight is 358 g/mol. The zero-order valence-corrected chi connectivity index (χ0v) is 14.0. The van der Waals surface area contributed by atoms with Crippen molar-refractivity contribution in [2.75, 3.05) is 32.8 Å². The quantitative estimate of drug-likeness (QED) is 0.593. The second-order valence-electron chi connectivity index (χ2n) is 5.61. The third-order valence-electron chi connectivity index (χ3n) is 3.92. The molecule has 0 radical (unpaired) electrons. The topological polar surface area (TPSA) is 93.2 Å². The molecule has 0 bridgehead atoms. The first kappa shape index (κ1) is 17.5. The molecule has 0 atom stereocenters. The monoisotopic (exact) mass is 358 g/mol. The smallest absolute Gasteiger partial charge is 0.331 e. The van der Waals surface area contributed by atoms with Crippen molar-refractivity contribution in [3.63, 3.8) is 0 Å². The number of piperazine rings is 1. The van der Waals surface area contributed by atoms with E-state index in [1.165, 1.54) is 24.7 Å². The molecule has 26 heavy (non-hydrogen) atoms. The van der Waals surface area contributed by atoms with Crippen LogP contribution in [0.2, 0.25) is 0 Å². The molecule has 0 aromatic carbocycles. The number of carbonyl (C=O) groups excluding carboxylic acids is 3. The van der Waals surface area contributed by atoms with Gasteiger partial charge in [-0.05, 0) is 30.3 Å². The maximum absolute atomic E-state index is 12.2. The first-order valence-electron chi connectivity index (χ1n) is 8.12. The SMILES string of the molecule is O=C(/C=C/c1ccco1)OCC(=O)N1CCN(C(=O)c2ccco2)CC1. The highest BCUT2D eigenvalue weighted by atomic mass is 16.5. The summed E-state index contributed by atoms with van der Waals surface area (Å²) >= 11 is 0. The van der Waals surface area contributed by atoms with Crippen LogP contribution >= 0.6 is 0 Å². The highest BCUT2D eigenvalue weighted by Crippen LogP contribution is 2.09. The van der Waals surface area contributed by atoms with E-state index in [9.17, 15) is 14.4 Å².